The molecule has 0 spiro atoms. The quantitative estimate of drug-likeness (QED) is 0.167. The summed E-state index contributed by atoms with van der Waals surface area (Å²) in [6.07, 6.45) is 6.47. The van der Waals surface area contributed by atoms with Crippen molar-refractivity contribution in [1.29, 1.82) is 0 Å². The Morgan fingerprint density at radius 3 is 1.91 bits per heavy atom. The van der Waals surface area contributed by atoms with E-state index < -0.39 is 0 Å². The maximum Gasteiger partial charge on any atom is 0.143 e. The molecular weight excluding hydrogens is 655 g/mol. The third-order valence-electron chi connectivity index (χ3n) is 11.3. The Bertz CT molecular complexity index is 3160. The highest BCUT2D eigenvalue weighted by Crippen LogP contribution is 2.46. The normalized spacial score (nSPS) is 13.3. The molecule has 9 aromatic carbocycles. The average molecular weight is 690 g/mol. The van der Waals surface area contributed by atoms with Crippen LogP contribution < -0.4 is 4.90 Å². The van der Waals surface area contributed by atoms with E-state index in [1.165, 1.54) is 71.2 Å². The lowest BCUT2D eigenvalue weighted by Gasteiger charge is -2.33. The van der Waals surface area contributed by atoms with Gasteiger partial charge in [-0.1, -0.05) is 152 Å². The highest BCUT2D eigenvalue weighted by molar-refractivity contribution is 6.15. The fourth-order valence-electron chi connectivity index (χ4n) is 8.66. The summed E-state index contributed by atoms with van der Waals surface area (Å²) in [4.78, 5) is 2.52. The van der Waals surface area contributed by atoms with Crippen molar-refractivity contribution in [2.45, 2.75) is 12.8 Å². The first-order valence-electron chi connectivity index (χ1n) is 18.8. The Morgan fingerprint density at radius 2 is 1.09 bits per heavy atom. The molecule has 1 heterocycles. The first kappa shape index (κ1) is 30.7. The van der Waals surface area contributed by atoms with Gasteiger partial charge in [-0.05, 0) is 98.1 Å². The van der Waals surface area contributed by atoms with Gasteiger partial charge in [0, 0.05) is 38.7 Å². The van der Waals surface area contributed by atoms with Gasteiger partial charge in [0.2, 0.25) is 0 Å². The molecule has 0 bridgehead atoms. The number of para-hydroxylation sites is 1. The lowest BCUT2D eigenvalue weighted by atomic mass is 9.92. The van der Waals surface area contributed by atoms with Crippen molar-refractivity contribution in [2.75, 3.05) is 4.90 Å². The van der Waals surface area contributed by atoms with Crippen molar-refractivity contribution in [3.8, 4) is 11.1 Å². The maximum absolute atomic E-state index is 6.82. The van der Waals surface area contributed by atoms with Gasteiger partial charge < -0.3 is 9.32 Å². The van der Waals surface area contributed by atoms with Crippen molar-refractivity contribution in [2.24, 2.45) is 0 Å². The summed E-state index contributed by atoms with van der Waals surface area (Å²) in [5.74, 6) is 0. The molecule has 10 aromatic rings. The molecule has 0 fully saturated rings. The average Bonchev–Trinajstić information content (AvgIpc) is 3.61. The minimum absolute atomic E-state index is 0.889. The van der Waals surface area contributed by atoms with Crippen LogP contribution in [0.15, 0.2) is 198 Å². The van der Waals surface area contributed by atoms with Crippen molar-refractivity contribution in [3.05, 3.63) is 199 Å². The van der Waals surface area contributed by atoms with Crippen LogP contribution in [0, 0.1) is 0 Å². The lowest BCUT2D eigenvalue weighted by molar-refractivity contribution is 0.668. The molecular formula is C52H35NO. The zero-order chi connectivity index (χ0) is 35.6. The summed E-state index contributed by atoms with van der Waals surface area (Å²) in [5, 5.41) is 12.2. The Balaban J connectivity index is 1.15. The molecule has 2 nitrogen and oxygen atoms in total. The molecule has 54 heavy (non-hydrogen) atoms. The molecule has 1 aromatic heterocycles. The van der Waals surface area contributed by atoms with Gasteiger partial charge in [0.25, 0.3) is 0 Å². The second kappa shape index (κ2) is 12.4. The maximum atomic E-state index is 6.82. The van der Waals surface area contributed by atoms with Crippen LogP contribution in [0.4, 0.5) is 11.4 Å². The minimum Gasteiger partial charge on any atom is -0.455 e. The summed E-state index contributed by atoms with van der Waals surface area (Å²) in [5.41, 5.74) is 10.1. The van der Waals surface area contributed by atoms with Crippen molar-refractivity contribution in [1.82, 2.24) is 0 Å². The summed E-state index contributed by atoms with van der Waals surface area (Å²) in [6, 6.07) is 64.1. The fourth-order valence-corrected chi connectivity index (χ4v) is 8.66. The Morgan fingerprint density at radius 1 is 0.444 bits per heavy atom. The molecule has 0 unspecified atom stereocenters. The molecule has 254 valence electrons. The smallest absolute Gasteiger partial charge is 0.143 e. The van der Waals surface area contributed by atoms with E-state index in [1.54, 1.807) is 0 Å². The van der Waals surface area contributed by atoms with Gasteiger partial charge in [-0.25, -0.2) is 0 Å². The van der Waals surface area contributed by atoms with Gasteiger partial charge in [-0.3, -0.25) is 0 Å². The van der Waals surface area contributed by atoms with Crippen LogP contribution in [-0.4, -0.2) is 0 Å². The molecule has 0 saturated heterocycles. The predicted octanol–water partition coefficient (Wildman–Crippen LogP) is 14.8. The van der Waals surface area contributed by atoms with Gasteiger partial charge in [-0.2, -0.15) is 0 Å². The van der Waals surface area contributed by atoms with E-state index in [2.05, 4.69) is 193 Å². The first-order chi connectivity index (χ1) is 26.8. The number of hydrogen-bond donors (Lipinski definition) is 0. The summed E-state index contributed by atoms with van der Waals surface area (Å²) >= 11 is 0. The van der Waals surface area contributed by atoms with Crippen molar-refractivity contribution >= 4 is 82.0 Å². The third kappa shape index (κ3) is 4.95. The molecule has 0 aliphatic heterocycles. The molecule has 1 aliphatic rings. The zero-order valence-corrected chi connectivity index (χ0v) is 29.7. The van der Waals surface area contributed by atoms with E-state index in [0.717, 1.165) is 46.0 Å². The highest BCUT2D eigenvalue weighted by atomic mass is 16.3. The zero-order valence-electron chi connectivity index (χ0n) is 29.7. The van der Waals surface area contributed by atoms with Gasteiger partial charge in [0.05, 0.1) is 5.69 Å². The Labute approximate surface area is 313 Å². The molecule has 0 saturated carbocycles. The van der Waals surface area contributed by atoms with E-state index in [4.69, 9.17) is 4.42 Å². The molecule has 2 heteroatoms. The van der Waals surface area contributed by atoms with Gasteiger partial charge in [-0.15, -0.1) is 0 Å². The predicted molar refractivity (Wildman–Crippen MR) is 229 cm³/mol. The molecule has 0 amide bonds. The van der Waals surface area contributed by atoms with E-state index in [1.807, 2.05) is 0 Å². The number of benzene rings is 9. The van der Waals surface area contributed by atoms with Crippen molar-refractivity contribution < 1.29 is 4.42 Å². The van der Waals surface area contributed by atoms with E-state index in [-0.39, 0.29) is 0 Å². The van der Waals surface area contributed by atoms with Gasteiger partial charge in [0.1, 0.15) is 11.2 Å². The number of allylic oxidation sites excluding steroid dienone is 4. The van der Waals surface area contributed by atoms with E-state index in [0.29, 0.717) is 0 Å². The standard InChI is InChI=1S/C52H35NO/c1-2-13-36-30-39(25-24-34(36)12-1)35-26-28-41(29-27-35)53(50-32-40-16-5-6-17-42(40)43-18-7-8-19-44(43)50)49-23-10-9-20-45(49)46-21-11-22-47-48-31-37-14-3-4-15-38(37)33-51(48)54-52(46)47/h1-9,11-22,24-33H,10,23H2. The number of furan rings is 1. The van der Waals surface area contributed by atoms with Crippen LogP contribution in [-0.2, 0) is 0 Å². The fraction of sp³-hybridized carbons (Fsp3) is 0.0385. The monoisotopic (exact) mass is 689 g/mol. The number of rotatable bonds is 5. The van der Waals surface area contributed by atoms with E-state index in [9.17, 15) is 0 Å². The van der Waals surface area contributed by atoms with Gasteiger partial charge in [0.15, 0.2) is 0 Å². The van der Waals surface area contributed by atoms with Crippen molar-refractivity contribution in [3.63, 3.8) is 0 Å². The van der Waals surface area contributed by atoms with Crippen LogP contribution >= 0.6 is 0 Å². The SMILES string of the molecule is C1=CC(c2cccc3c2oc2cc4ccccc4cc23)=C(N(c2ccc(-c3ccc4ccccc4c3)cc2)c2cc3ccccc3c3ccccc23)CC1. The second-order valence-corrected chi connectivity index (χ2v) is 14.4. The van der Waals surface area contributed by atoms with Gasteiger partial charge >= 0.3 is 0 Å². The van der Waals surface area contributed by atoms with E-state index >= 15 is 0 Å². The number of nitrogens with zero attached hydrogens (tertiary/aromatic N) is 1. The number of anilines is 2. The van der Waals surface area contributed by atoms with Crippen LogP contribution in [0.5, 0.6) is 0 Å². The van der Waals surface area contributed by atoms with Crippen LogP contribution in [0.25, 0.3) is 81.7 Å². The second-order valence-electron chi connectivity index (χ2n) is 14.4. The lowest BCUT2D eigenvalue weighted by Crippen LogP contribution is -2.19. The summed E-state index contributed by atoms with van der Waals surface area (Å²) < 4.78 is 6.82. The summed E-state index contributed by atoms with van der Waals surface area (Å²) in [6.45, 7) is 0. The first-order valence-corrected chi connectivity index (χ1v) is 18.8. The topological polar surface area (TPSA) is 16.4 Å². The summed E-state index contributed by atoms with van der Waals surface area (Å²) in [7, 11) is 0. The number of hydrogen-bond acceptors (Lipinski definition) is 2. The molecule has 11 rings (SSSR count). The van der Waals surface area contributed by atoms with Crippen LogP contribution in [0.1, 0.15) is 18.4 Å². The molecule has 1 aliphatic carbocycles. The molecule has 0 atom stereocenters. The van der Waals surface area contributed by atoms with Crippen LogP contribution in [0.3, 0.4) is 0 Å². The highest BCUT2D eigenvalue weighted by Gasteiger charge is 2.25. The molecule has 0 radical (unpaired) electrons. The number of fused-ring (bicyclic) bond motifs is 8. The van der Waals surface area contributed by atoms with Crippen LogP contribution in [0.2, 0.25) is 0 Å². The Kier molecular flexibility index (Phi) is 7.03. The minimum atomic E-state index is 0.889. The molecule has 0 N–H and O–H groups in total. The largest absolute Gasteiger partial charge is 0.455 e. The third-order valence-corrected chi connectivity index (χ3v) is 11.3. The Hall–Kier alpha value is -6.90.